The largest absolute Gasteiger partial charge is 0.506 e. The molecule has 0 unspecified atom stereocenters. The summed E-state index contributed by atoms with van der Waals surface area (Å²) in [6, 6.07) is 5.16. The summed E-state index contributed by atoms with van der Waals surface area (Å²) in [5.41, 5.74) is 1.21. The zero-order valence-corrected chi connectivity index (χ0v) is 11.2. The molecule has 0 atom stereocenters. The van der Waals surface area contributed by atoms with Crippen molar-refractivity contribution in [3.8, 4) is 5.75 Å². The molecule has 0 radical (unpaired) electrons. The normalized spacial score (nSPS) is 11.1. The van der Waals surface area contributed by atoms with Gasteiger partial charge in [-0.25, -0.2) is 0 Å². The number of anilines is 1. The molecule has 0 aliphatic heterocycles. The first-order valence-electron chi connectivity index (χ1n) is 5.53. The number of thiol groups is 1. The van der Waals surface area contributed by atoms with E-state index in [1.54, 1.807) is 12.1 Å². The van der Waals surface area contributed by atoms with Crippen LogP contribution in [-0.2, 0) is 0 Å². The molecule has 7 nitrogen and oxygen atoms in total. The van der Waals surface area contributed by atoms with Gasteiger partial charge in [0.2, 0.25) is 6.39 Å². The molecule has 8 heteroatoms. The van der Waals surface area contributed by atoms with Crippen LogP contribution in [0.4, 0.5) is 17.4 Å². The molecule has 0 fully saturated rings. The number of phenolic OH excluding ortho intramolecular Hbond substituents is 1. The fourth-order valence-corrected chi connectivity index (χ4v) is 1.72. The molecule has 1 aromatic carbocycles. The van der Waals surface area contributed by atoms with Gasteiger partial charge in [0, 0.05) is 31.1 Å². The number of rotatable bonds is 5. The Morgan fingerprint density at radius 1 is 1.42 bits per heavy atom. The van der Waals surface area contributed by atoms with E-state index in [2.05, 4.69) is 33.1 Å². The van der Waals surface area contributed by atoms with Crippen molar-refractivity contribution in [3.05, 3.63) is 24.6 Å². The number of benzene rings is 1. The van der Waals surface area contributed by atoms with Crippen molar-refractivity contribution >= 4 is 30.0 Å². The van der Waals surface area contributed by atoms with Crippen LogP contribution in [0.1, 0.15) is 0 Å². The highest BCUT2D eigenvalue weighted by molar-refractivity contribution is 7.80. The van der Waals surface area contributed by atoms with Crippen molar-refractivity contribution in [1.82, 2.24) is 10.2 Å². The molecule has 0 saturated carbocycles. The van der Waals surface area contributed by atoms with Crippen LogP contribution >= 0.6 is 12.6 Å². The van der Waals surface area contributed by atoms with Gasteiger partial charge in [0.15, 0.2) is 0 Å². The fraction of sp³-hybridized carbons (Fsp3) is 0.273. The maximum absolute atomic E-state index is 9.87. The van der Waals surface area contributed by atoms with E-state index in [9.17, 15) is 5.11 Å². The predicted octanol–water partition coefficient (Wildman–Crippen LogP) is 2.56. The third-order valence-corrected chi connectivity index (χ3v) is 2.63. The van der Waals surface area contributed by atoms with Crippen LogP contribution in [0.25, 0.3) is 0 Å². The van der Waals surface area contributed by atoms with Crippen LogP contribution in [-0.4, -0.2) is 34.6 Å². The van der Waals surface area contributed by atoms with Gasteiger partial charge < -0.3 is 14.4 Å². The summed E-state index contributed by atoms with van der Waals surface area (Å²) in [4.78, 5) is 1.98. The number of azo groups is 1. The maximum atomic E-state index is 9.87. The van der Waals surface area contributed by atoms with Crippen molar-refractivity contribution < 1.29 is 9.52 Å². The van der Waals surface area contributed by atoms with Gasteiger partial charge >= 0.3 is 6.01 Å². The summed E-state index contributed by atoms with van der Waals surface area (Å²) in [6.07, 6.45) is 1.16. The Morgan fingerprint density at radius 3 is 2.89 bits per heavy atom. The van der Waals surface area contributed by atoms with E-state index in [4.69, 9.17) is 4.42 Å². The monoisotopic (exact) mass is 279 g/mol. The summed E-state index contributed by atoms with van der Waals surface area (Å²) in [6.45, 7) is 0.783. The zero-order valence-electron chi connectivity index (χ0n) is 10.3. The second-order valence-electron chi connectivity index (χ2n) is 3.74. The standard InChI is InChI=1S/C11H13N5O2S/c1-16(4-5-19)8-2-3-9(10(17)6-8)13-15-11-14-12-7-18-11/h2-3,6-7,17,19H,4-5H2,1H3. The van der Waals surface area contributed by atoms with Gasteiger partial charge in [-0.15, -0.1) is 10.2 Å². The summed E-state index contributed by atoms with van der Waals surface area (Å²) in [7, 11) is 1.92. The van der Waals surface area contributed by atoms with E-state index in [0.717, 1.165) is 24.4 Å². The Balaban J connectivity index is 2.15. The van der Waals surface area contributed by atoms with Crippen LogP contribution in [0.3, 0.4) is 0 Å². The Bertz CT molecular complexity index is 558. The second kappa shape index (κ2) is 6.19. The second-order valence-corrected chi connectivity index (χ2v) is 4.19. The molecule has 2 aromatic rings. The molecular weight excluding hydrogens is 266 g/mol. The fourth-order valence-electron chi connectivity index (χ4n) is 1.42. The van der Waals surface area contributed by atoms with E-state index in [1.165, 1.54) is 0 Å². The molecule has 100 valence electrons. The van der Waals surface area contributed by atoms with Gasteiger partial charge in [0.25, 0.3) is 0 Å². The molecule has 1 heterocycles. The van der Waals surface area contributed by atoms with E-state index in [1.807, 2.05) is 18.0 Å². The topological polar surface area (TPSA) is 87.1 Å². The first-order valence-corrected chi connectivity index (χ1v) is 6.17. The SMILES string of the molecule is CN(CCS)c1ccc(N=Nc2nnco2)c(O)c1. The smallest absolute Gasteiger partial charge is 0.361 e. The molecule has 0 aliphatic rings. The molecule has 1 aromatic heterocycles. The summed E-state index contributed by atoms with van der Waals surface area (Å²) in [5, 5.41) is 24.4. The average molecular weight is 279 g/mol. The molecule has 0 saturated heterocycles. The summed E-state index contributed by atoms with van der Waals surface area (Å²) >= 11 is 4.16. The summed E-state index contributed by atoms with van der Waals surface area (Å²) < 4.78 is 4.81. The van der Waals surface area contributed by atoms with Crippen LogP contribution in [0.2, 0.25) is 0 Å². The van der Waals surface area contributed by atoms with E-state index < -0.39 is 0 Å². The lowest BCUT2D eigenvalue weighted by Gasteiger charge is -2.18. The highest BCUT2D eigenvalue weighted by atomic mass is 32.1. The minimum atomic E-state index is 0.0341. The predicted molar refractivity (Wildman–Crippen MR) is 73.7 cm³/mol. The third kappa shape index (κ3) is 3.44. The van der Waals surface area contributed by atoms with E-state index in [0.29, 0.717) is 5.69 Å². The zero-order chi connectivity index (χ0) is 13.7. The lowest BCUT2D eigenvalue weighted by atomic mass is 10.2. The van der Waals surface area contributed by atoms with Crippen LogP contribution in [0.15, 0.2) is 39.2 Å². The van der Waals surface area contributed by atoms with Crippen LogP contribution in [0.5, 0.6) is 5.75 Å². The van der Waals surface area contributed by atoms with Crippen molar-refractivity contribution in [2.75, 3.05) is 24.2 Å². The van der Waals surface area contributed by atoms with Crippen LogP contribution < -0.4 is 4.90 Å². The molecule has 1 N–H and O–H groups in total. The van der Waals surface area contributed by atoms with Gasteiger partial charge in [0.1, 0.15) is 11.4 Å². The molecule has 0 aliphatic carbocycles. The van der Waals surface area contributed by atoms with Gasteiger partial charge in [-0.2, -0.15) is 12.6 Å². The molecular formula is C11H13N5O2S. The van der Waals surface area contributed by atoms with E-state index >= 15 is 0 Å². The number of hydrogen-bond acceptors (Lipinski definition) is 8. The molecule has 0 spiro atoms. The first kappa shape index (κ1) is 13.3. The van der Waals surface area contributed by atoms with Gasteiger partial charge in [0.05, 0.1) is 0 Å². The van der Waals surface area contributed by atoms with Crippen molar-refractivity contribution in [3.63, 3.8) is 0 Å². The van der Waals surface area contributed by atoms with Gasteiger partial charge in [-0.3, -0.25) is 0 Å². The lowest BCUT2D eigenvalue weighted by molar-refractivity contribution is 0.476. The number of phenols is 1. The van der Waals surface area contributed by atoms with E-state index in [-0.39, 0.29) is 11.8 Å². The van der Waals surface area contributed by atoms with Crippen LogP contribution in [0, 0.1) is 0 Å². The average Bonchev–Trinajstić information content (AvgIpc) is 2.90. The number of aromatic hydroxyl groups is 1. The van der Waals surface area contributed by atoms with Crippen molar-refractivity contribution in [2.45, 2.75) is 0 Å². The maximum Gasteiger partial charge on any atom is 0.361 e. The molecule has 2 rings (SSSR count). The highest BCUT2D eigenvalue weighted by Gasteiger charge is 2.05. The number of hydrogen-bond donors (Lipinski definition) is 2. The minimum Gasteiger partial charge on any atom is -0.506 e. The first-order chi connectivity index (χ1) is 9.20. The Kier molecular flexibility index (Phi) is 4.35. The Morgan fingerprint density at radius 2 is 2.26 bits per heavy atom. The van der Waals surface area contributed by atoms with Crippen molar-refractivity contribution in [2.24, 2.45) is 10.2 Å². The number of aromatic nitrogens is 2. The lowest BCUT2D eigenvalue weighted by Crippen LogP contribution is -2.19. The number of nitrogens with zero attached hydrogens (tertiary/aromatic N) is 5. The highest BCUT2D eigenvalue weighted by Crippen LogP contribution is 2.31. The molecule has 19 heavy (non-hydrogen) atoms. The van der Waals surface area contributed by atoms with Gasteiger partial charge in [-0.1, -0.05) is 10.2 Å². The van der Waals surface area contributed by atoms with Gasteiger partial charge in [-0.05, 0) is 12.1 Å². The Hall–Kier alpha value is -2.09. The Labute approximate surface area is 115 Å². The minimum absolute atomic E-state index is 0.0341. The molecule has 0 bridgehead atoms. The quantitative estimate of drug-likeness (QED) is 0.648. The summed E-state index contributed by atoms with van der Waals surface area (Å²) in [5.74, 6) is 0.766. The molecule has 0 amide bonds. The third-order valence-electron chi connectivity index (χ3n) is 2.43. The van der Waals surface area contributed by atoms with Crippen molar-refractivity contribution in [1.29, 1.82) is 0 Å².